The van der Waals surface area contributed by atoms with Gasteiger partial charge in [-0.1, -0.05) is 18.2 Å². The van der Waals surface area contributed by atoms with Gasteiger partial charge in [-0.3, -0.25) is 0 Å². The molecule has 0 aliphatic carbocycles. The van der Waals surface area contributed by atoms with E-state index in [0.29, 0.717) is 19.6 Å². The number of methoxy groups -OCH3 is 2. The molecule has 0 fully saturated rings. The van der Waals surface area contributed by atoms with Crippen molar-refractivity contribution in [1.29, 1.82) is 0 Å². The average Bonchev–Trinajstić information content (AvgIpc) is 2.71. The SMILES string of the molecule is CCOc1c(OC)ccc2c1C/C=C/Cc1c(ccc(OC)c1OC(C)C)OC2. The maximum Gasteiger partial charge on any atom is 0.168 e. The van der Waals surface area contributed by atoms with Crippen molar-refractivity contribution in [2.45, 2.75) is 46.3 Å². The first-order valence-electron chi connectivity index (χ1n) is 10.0. The van der Waals surface area contributed by atoms with Crippen molar-refractivity contribution < 1.29 is 23.7 Å². The highest BCUT2D eigenvalue weighted by Gasteiger charge is 2.20. The van der Waals surface area contributed by atoms with Crippen LogP contribution in [0.25, 0.3) is 0 Å². The van der Waals surface area contributed by atoms with E-state index in [2.05, 4.69) is 12.2 Å². The molecule has 0 aromatic heterocycles. The smallest absolute Gasteiger partial charge is 0.168 e. The third-order valence-electron chi connectivity index (χ3n) is 4.78. The van der Waals surface area contributed by atoms with Crippen LogP contribution in [0, 0.1) is 0 Å². The molecule has 0 N–H and O–H groups in total. The monoisotopic (exact) mass is 398 g/mol. The second-order valence-electron chi connectivity index (χ2n) is 7.08. The van der Waals surface area contributed by atoms with Gasteiger partial charge in [-0.15, -0.1) is 0 Å². The molecule has 0 saturated carbocycles. The van der Waals surface area contributed by atoms with Crippen LogP contribution in [-0.4, -0.2) is 26.9 Å². The van der Waals surface area contributed by atoms with Gasteiger partial charge in [0.15, 0.2) is 23.0 Å². The number of ether oxygens (including phenoxy) is 5. The summed E-state index contributed by atoms with van der Waals surface area (Å²) in [6.45, 7) is 7.01. The summed E-state index contributed by atoms with van der Waals surface area (Å²) >= 11 is 0. The van der Waals surface area contributed by atoms with Gasteiger partial charge in [-0.25, -0.2) is 0 Å². The highest BCUT2D eigenvalue weighted by molar-refractivity contribution is 5.56. The Hall–Kier alpha value is -2.82. The fourth-order valence-electron chi connectivity index (χ4n) is 3.47. The van der Waals surface area contributed by atoms with E-state index >= 15 is 0 Å². The van der Waals surface area contributed by atoms with Crippen molar-refractivity contribution >= 4 is 0 Å². The molecule has 5 nitrogen and oxygen atoms in total. The van der Waals surface area contributed by atoms with Crippen LogP contribution in [0.1, 0.15) is 37.5 Å². The molecule has 0 unspecified atom stereocenters. The Morgan fingerprint density at radius 2 is 1.55 bits per heavy atom. The first kappa shape index (κ1) is 20.9. The highest BCUT2D eigenvalue weighted by Crippen LogP contribution is 2.40. The van der Waals surface area contributed by atoms with Crippen LogP contribution in [0.2, 0.25) is 0 Å². The van der Waals surface area contributed by atoms with Gasteiger partial charge in [0, 0.05) is 11.1 Å². The summed E-state index contributed by atoms with van der Waals surface area (Å²) in [6, 6.07) is 7.82. The van der Waals surface area contributed by atoms with E-state index in [9.17, 15) is 0 Å². The lowest BCUT2D eigenvalue weighted by molar-refractivity contribution is 0.224. The van der Waals surface area contributed by atoms with Crippen LogP contribution in [0.4, 0.5) is 0 Å². The normalized spacial score (nSPS) is 14.3. The van der Waals surface area contributed by atoms with Crippen molar-refractivity contribution in [3.63, 3.8) is 0 Å². The maximum absolute atomic E-state index is 6.25. The minimum atomic E-state index is 0.0386. The zero-order valence-electron chi connectivity index (χ0n) is 17.9. The predicted molar refractivity (Wildman–Crippen MR) is 114 cm³/mol. The fourth-order valence-corrected chi connectivity index (χ4v) is 3.47. The van der Waals surface area contributed by atoms with Crippen LogP contribution >= 0.6 is 0 Å². The van der Waals surface area contributed by atoms with Crippen LogP contribution in [0.5, 0.6) is 28.7 Å². The molecule has 0 radical (unpaired) electrons. The third-order valence-corrected chi connectivity index (χ3v) is 4.78. The Kier molecular flexibility index (Phi) is 6.91. The molecule has 0 atom stereocenters. The molecule has 3 rings (SSSR count). The molecule has 2 aromatic rings. The van der Waals surface area contributed by atoms with Crippen molar-refractivity contribution in [1.82, 2.24) is 0 Å². The van der Waals surface area contributed by atoms with Crippen LogP contribution in [0.3, 0.4) is 0 Å². The van der Waals surface area contributed by atoms with E-state index in [0.717, 1.165) is 51.9 Å². The molecule has 0 spiro atoms. The number of fused-ring (bicyclic) bond motifs is 2. The van der Waals surface area contributed by atoms with E-state index in [1.807, 2.05) is 45.0 Å². The number of hydrogen-bond acceptors (Lipinski definition) is 5. The topological polar surface area (TPSA) is 46.2 Å². The van der Waals surface area contributed by atoms with E-state index in [-0.39, 0.29) is 6.10 Å². The lowest BCUT2D eigenvalue weighted by Crippen LogP contribution is -2.11. The molecule has 1 aliphatic heterocycles. The fraction of sp³-hybridized carbons (Fsp3) is 0.417. The summed E-state index contributed by atoms with van der Waals surface area (Å²) in [5.74, 6) is 3.80. The lowest BCUT2D eigenvalue weighted by atomic mass is 10.0. The number of hydrogen-bond donors (Lipinski definition) is 0. The molecular formula is C24H30O5. The summed E-state index contributed by atoms with van der Waals surface area (Å²) < 4.78 is 29.3. The Morgan fingerprint density at radius 1 is 0.897 bits per heavy atom. The minimum absolute atomic E-state index is 0.0386. The average molecular weight is 398 g/mol. The Labute approximate surface area is 173 Å². The van der Waals surface area contributed by atoms with Crippen molar-refractivity contribution in [3.05, 3.63) is 53.1 Å². The maximum atomic E-state index is 6.25. The van der Waals surface area contributed by atoms with Crippen molar-refractivity contribution in [2.24, 2.45) is 0 Å². The van der Waals surface area contributed by atoms with E-state index in [1.54, 1.807) is 14.2 Å². The molecule has 5 heteroatoms. The number of allylic oxidation sites excluding steroid dienone is 2. The molecule has 156 valence electrons. The van der Waals surface area contributed by atoms with Crippen LogP contribution in [-0.2, 0) is 19.4 Å². The number of rotatable bonds is 6. The third kappa shape index (κ3) is 4.61. The van der Waals surface area contributed by atoms with Gasteiger partial charge in [-0.05, 0) is 57.4 Å². The highest BCUT2D eigenvalue weighted by atomic mass is 16.5. The summed E-state index contributed by atoms with van der Waals surface area (Å²) in [6.07, 6.45) is 5.77. The van der Waals surface area contributed by atoms with E-state index in [4.69, 9.17) is 23.7 Å². The summed E-state index contributed by atoms with van der Waals surface area (Å²) in [7, 11) is 3.32. The summed E-state index contributed by atoms with van der Waals surface area (Å²) in [4.78, 5) is 0. The number of benzene rings is 2. The first-order valence-corrected chi connectivity index (χ1v) is 10.0. The largest absolute Gasteiger partial charge is 0.493 e. The second-order valence-corrected chi connectivity index (χ2v) is 7.08. The van der Waals surface area contributed by atoms with Gasteiger partial charge in [0.05, 0.1) is 26.9 Å². The molecule has 29 heavy (non-hydrogen) atoms. The second kappa shape index (κ2) is 9.59. The molecule has 1 heterocycles. The zero-order valence-corrected chi connectivity index (χ0v) is 17.9. The van der Waals surface area contributed by atoms with Gasteiger partial charge < -0.3 is 23.7 Å². The molecule has 0 saturated heterocycles. The van der Waals surface area contributed by atoms with E-state index in [1.165, 1.54) is 0 Å². The van der Waals surface area contributed by atoms with Crippen LogP contribution in [0.15, 0.2) is 36.4 Å². The first-order chi connectivity index (χ1) is 14.1. The molecule has 0 bridgehead atoms. The minimum Gasteiger partial charge on any atom is -0.493 e. The van der Waals surface area contributed by atoms with Gasteiger partial charge in [0.25, 0.3) is 0 Å². The van der Waals surface area contributed by atoms with Crippen molar-refractivity contribution in [2.75, 3.05) is 20.8 Å². The molecule has 2 aromatic carbocycles. The predicted octanol–water partition coefficient (Wildman–Crippen LogP) is 5.12. The standard InChI is InChI=1S/C24H30O5/c1-6-27-23-18-9-7-8-10-19-20(28-15-17(18)11-12-21(23)25-4)13-14-22(26-5)24(19)29-16(2)3/h7-8,11-14,16H,6,9-10,15H2,1-5H3/b8-7+. The summed E-state index contributed by atoms with van der Waals surface area (Å²) in [5, 5.41) is 0. The van der Waals surface area contributed by atoms with Gasteiger partial charge in [0.2, 0.25) is 0 Å². The quantitative estimate of drug-likeness (QED) is 0.632. The Balaban J connectivity index is 2.03. The Morgan fingerprint density at radius 3 is 2.21 bits per heavy atom. The van der Waals surface area contributed by atoms with Gasteiger partial charge in [-0.2, -0.15) is 0 Å². The van der Waals surface area contributed by atoms with Crippen LogP contribution < -0.4 is 23.7 Å². The summed E-state index contributed by atoms with van der Waals surface area (Å²) in [5.41, 5.74) is 3.17. The Bertz CT molecular complexity index is 870. The zero-order chi connectivity index (χ0) is 20.8. The molecule has 1 aliphatic rings. The van der Waals surface area contributed by atoms with E-state index < -0.39 is 0 Å². The molecule has 0 amide bonds. The lowest BCUT2D eigenvalue weighted by Gasteiger charge is -2.22. The van der Waals surface area contributed by atoms with Gasteiger partial charge in [0.1, 0.15) is 12.4 Å². The van der Waals surface area contributed by atoms with Crippen molar-refractivity contribution in [3.8, 4) is 28.7 Å². The molecular weight excluding hydrogens is 368 g/mol. The van der Waals surface area contributed by atoms with Gasteiger partial charge >= 0.3 is 0 Å².